The third-order valence-electron chi connectivity index (χ3n) is 7.71. The molecular weight excluding hydrogens is 646 g/mol. The Morgan fingerprint density at radius 2 is 1.51 bits per heavy atom. The largest absolute Gasteiger partial charge is 0.472 e. The number of H-pyrrole nitrogens is 1. The quantitative estimate of drug-likeness (QED) is 0.138. The fourth-order valence-corrected chi connectivity index (χ4v) is 7.48. The van der Waals surface area contributed by atoms with E-state index in [-0.39, 0.29) is 34.1 Å². The third kappa shape index (κ3) is 5.32. The summed E-state index contributed by atoms with van der Waals surface area (Å²) in [7, 11) is -9.91. The number of phosphoric ester groups is 2. The van der Waals surface area contributed by atoms with Gasteiger partial charge in [0.1, 0.15) is 36.3 Å². The van der Waals surface area contributed by atoms with Gasteiger partial charge in [-0.2, -0.15) is 4.98 Å². The van der Waals surface area contributed by atoms with Gasteiger partial charge in [0.25, 0.3) is 5.56 Å². The number of nitrogens with zero attached hydrogens (tertiary/aromatic N) is 7. The second-order valence-electron chi connectivity index (χ2n) is 10.5. The summed E-state index contributed by atoms with van der Waals surface area (Å²) in [6.45, 7) is 0.255. The van der Waals surface area contributed by atoms with Crippen molar-refractivity contribution in [2.75, 3.05) is 24.7 Å². The van der Waals surface area contributed by atoms with Crippen molar-refractivity contribution in [1.29, 1.82) is 0 Å². The third-order valence-corrected chi connectivity index (χ3v) is 9.68. The molecule has 3 aliphatic heterocycles. The molecule has 0 aromatic carbocycles. The van der Waals surface area contributed by atoms with Gasteiger partial charge in [-0.15, -0.1) is 0 Å². The van der Waals surface area contributed by atoms with Gasteiger partial charge in [-0.3, -0.25) is 37.0 Å². The Labute approximate surface area is 250 Å². The highest BCUT2D eigenvalue weighted by Crippen LogP contribution is 2.54. The molecule has 0 spiro atoms. The molecule has 0 saturated carbocycles. The molecule has 7 rings (SSSR count). The number of hydrogen-bond donors (Lipinski definition) is 6. The highest BCUT2D eigenvalue weighted by atomic mass is 31.2. The molecule has 4 aromatic heterocycles. The number of imidazole rings is 2. The number of hydrogen-bond acceptors (Lipinski definition) is 17. The number of anilines is 2. The van der Waals surface area contributed by atoms with E-state index in [0.29, 0.717) is 0 Å². The topological polar surface area (TPSA) is 309 Å². The van der Waals surface area contributed by atoms with Gasteiger partial charge in [0.15, 0.2) is 35.1 Å². The fraction of sp³-hybridized carbons (Fsp3) is 0.524. The van der Waals surface area contributed by atoms with E-state index in [1.165, 1.54) is 28.1 Å². The lowest BCUT2D eigenvalue weighted by Crippen LogP contribution is -2.36. The van der Waals surface area contributed by atoms with Gasteiger partial charge in [-0.25, -0.2) is 29.1 Å². The molecule has 0 radical (unpaired) electrons. The van der Waals surface area contributed by atoms with Crippen molar-refractivity contribution in [1.82, 2.24) is 39.0 Å². The molecule has 2 bridgehead atoms. The number of nitrogens with two attached hydrogens (primary N) is 2. The molecule has 4 unspecified atom stereocenters. The molecule has 8 N–H and O–H groups in total. The number of aromatic nitrogens is 8. The van der Waals surface area contributed by atoms with E-state index in [9.17, 15) is 28.8 Å². The summed E-state index contributed by atoms with van der Waals surface area (Å²) < 4.78 is 62.3. The lowest BCUT2D eigenvalue weighted by molar-refractivity contribution is -0.0671. The van der Waals surface area contributed by atoms with E-state index < -0.39 is 83.3 Å². The number of nitrogen functional groups attached to an aromatic ring is 2. The molecule has 3 aliphatic rings. The van der Waals surface area contributed by atoms with Crippen molar-refractivity contribution in [2.24, 2.45) is 5.92 Å². The van der Waals surface area contributed by atoms with Crippen molar-refractivity contribution >= 4 is 49.7 Å². The fourth-order valence-electron chi connectivity index (χ4n) is 5.52. The Morgan fingerprint density at radius 3 is 2.24 bits per heavy atom. The first-order chi connectivity index (χ1) is 21.3. The normalized spacial score (nSPS) is 37.7. The molecule has 0 amide bonds. The van der Waals surface area contributed by atoms with E-state index in [4.69, 9.17) is 39.0 Å². The summed E-state index contributed by atoms with van der Waals surface area (Å²) in [6.07, 6.45) is -5.93. The number of fused-ring (bicyclic) bond motifs is 5. The lowest BCUT2D eigenvalue weighted by atomic mass is 10.0. The highest BCUT2D eigenvalue weighted by molar-refractivity contribution is 7.47. The van der Waals surface area contributed by atoms with Crippen LogP contribution in [0.1, 0.15) is 19.4 Å². The maximum absolute atomic E-state index is 13.3. The first kappa shape index (κ1) is 30.3. The van der Waals surface area contributed by atoms with Gasteiger partial charge in [0.05, 0.1) is 32.0 Å². The van der Waals surface area contributed by atoms with Crippen LogP contribution in [-0.4, -0.2) is 97.7 Å². The second-order valence-corrected chi connectivity index (χ2v) is 13.3. The molecule has 4 aromatic rings. The first-order valence-electron chi connectivity index (χ1n) is 13.3. The molecule has 45 heavy (non-hydrogen) atoms. The number of nitrogens with one attached hydrogen (secondary N) is 1. The smallest absolute Gasteiger partial charge is 0.386 e. The van der Waals surface area contributed by atoms with Crippen molar-refractivity contribution < 1.29 is 51.6 Å². The second kappa shape index (κ2) is 10.9. The van der Waals surface area contributed by atoms with Gasteiger partial charge in [-0.1, -0.05) is 6.92 Å². The Hall–Kier alpha value is -3.40. The molecule has 22 nitrogen and oxygen atoms in total. The van der Waals surface area contributed by atoms with Crippen molar-refractivity contribution in [3.63, 3.8) is 0 Å². The minimum atomic E-state index is -4.95. The average Bonchev–Trinajstić information content (AvgIpc) is 3.72. The van der Waals surface area contributed by atoms with E-state index in [2.05, 4.69) is 29.9 Å². The molecule has 3 saturated heterocycles. The SMILES string of the molecule is C[C@@H]1C2OP(=O)(O)OC[C@H]3O[C@@H](n4cnc5c(N)ncnc54)[C@@H](O)C3OP(=O)(O)OC[C@H]1O[C@H]2n1cnc2c(=O)[nH]c(N)nc21. The molecule has 242 valence electrons. The first-order valence-corrected chi connectivity index (χ1v) is 16.3. The van der Waals surface area contributed by atoms with Crippen LogP contribution in [0, 0.1) is 5.92 Å². The average molecular weight is 672 g/mol. The van der Waals surface area contributed by atoms with E-state index >= 15 is 0 Å². The molecular formula is C21H26N10O12P2. The summed E-state index contributed by atoms with van der Waals surface area (Å²) in [5.41, 5.74) is 11.2. The molecule has 24 heteroatoms. The molecule has 3 fully saturated rings. The summed E-state index contributed by atoms with van der Waals surface area (Å²) in [5.74, 6) is -0.939. The summed E-state index contributed by atoms with van der Waals surface area (Å²) in [4.78, 5) is 56.3. The predicted octanol–water partition coefficient (Wildman–Crippen LogP) is -1.07. The predicted molar refractivity (Wildman–Crippen MR) is 147 cm³/mol. The summed E-state index contributed by atoms with van der Waals surface area (Å²) in [5, 5.41) is 11.2. The van der Waals surface area contributed by atoms with Crippen LogP contribution in [0.4, 0.5) is 11.8 Å². The standard InChI is InChI=1S/C21H26N10O12P2/c1-7-8-2-38-45(36,37)43-14-9(41-19(12(14)32)30-5-26-10-15(22)24-4-25-16(10)30)3-39-44(34,35)42-13(7)20(40-8)31-6-27-11-17(31)28-21(23)29-18(11)33/h4-9,12-14,19-20,32H,2-3H2,1H3,(H,34,35)(H,36,37)(H2,22,24,25)(H3,23,28,29,33)/t7-,8+,9+,12-,13?,14?,19+,20+/m0/s1. The summed E-state index contributed by atoms with van der Waals surface area (Å²) in [6, 6.07) is 0. The Bertz CT molecular complexity index is 1940. The lowest BCUT2D eigenvalue weighted by Gasteiger charge is -2.26. The van der Waals surface area contributed by atoms with Gasteiger partial charge in [0.2, 0.25) is 5.95 Å². The zero-order valence-corrected chi connectivity index (χ0v) is 24.7. The maximum Gasteiger partial charge on any atom is 0.472 e. The minimum Gasteiger partial charge on any atom is -0.386 e. The van der Waals surface area contributed by atoms with Gasteiger partial charge >= 0.3 is 15.6 Å². The van der Waals surface area contributed by atoms with Gasteiger partial charge in [-0.05, 0) is 0 Å². The number of aromatic amines is 1. The Balaban J connectivity index is 1.21. The number of ether oxygens (including phenoxy) is 2. The Morgan fingerprint density at radius 1 is 0.889 bits per heavy atom. The van der Waals surface area contributed by atoms with E-state index in [1.807, 2.05) is 0 Å². The zero-order valence-electron chi connectivity index (χ0n) is 23.0. The van der Waals surface area contributed by atoms with Gasteiger partial charge < -0.3 is 35.8 Å². The molecule has 10 atom stereocenters. The number of phosphoric acid groups is 2. The monoisotopic (exact) mass is 672 g/mol. The van der Waals surface area contributed by atoms with Gasteiger partial charge in [0, 0.05) is 5.92 Å². The van der Waals surface area contributed by atoms with E-state index in [0.717, 1.165) is 0 Å². The van der Waals surface area contributed by atoms with Crippen LogP contribution in [0.15, 0.2) is 23.8 Å². The van der Waals surface area contributed by atoms with Crippen LogP contribution >= 0.6 is 15.6 Å². The molecule has 7 heterocycles. The highest BCUT2D eigenvalue weighted by Gasteiger charge is 2.53. The van der Waals surface area contributed by atoms with Crippen LogP contribution in [0.25, 0.3) is 22.3 Å². The number of rotatable bonds is 2. The minimum absolute atomic E-state index is 0.0177. The van der Waals surface area contributed by atoms with Crippen molar-refractivity contribution in [3.8, 4) is 0 Å². The number of aliphatic hydroxyl groups is 1. The van der Waals surface area contributed by atoms with Crippen molar-refractivity contribution in [3.05, 3.63) is 29.3 Å². The Kier molecular flexibility index (Phi) is 7.30. The number of aliphatic hydroxyl groups excluding tert-OH is 1. The van der Waals surface area contributed by atoms with Crippen LogP contribution in [0.3, 0.4) is 0 Å². The van der Waals surface area contributed by atoms with Crippen LogP contribution in [0.5, 0.6) is 0 Å². The van der Waals surface area contributed by atoms with Crippen LogP contribution in [-0.2, 0) is 36.7 Å². The summed E-state index contributed by atoms with van der Waals surface area (Å²) >= 11 is 0. The maximum atomic E-state index is 13.3. The zero-order chi connectivity index (χ0) is 31.8. The van der Waals surface area contributed by atoms with Crippen molar-refractivity contribution in [2.45, 2.75) is 49.9 Å². The van der Waals surface area contributed by atoms with Crippen LogP contribution in [0.2, 0.25) is 0 Å². The molecule has 0 aliphatic carbocycles. The van der Waals surface area contributed by atoms with E-state index in [1.54, 1.807) is 6.92 Å². The van der Waals surface area contributed by atoms with Crippen LogP contribution < -0.4 is 17.0 Å².